The Hall–Kier alpha value is -1.17. The number of aryl methyl sites for hydroxylation is 1. The van der Waals surface area contributed by atoms with Crippen LogP contribution in [0.15, 0.2) is 45.2 Å². The number of benzene rings is 1. The molecule has 0 spiro atoms. The molecule has 0 unspecified atom stereocenters. The molecular formula is C15H15Cl2NO3S. The van der Waals surface area contributed by atoms with Crippen LogP contribution in [0.2, 0.25) is 0 Å². The molecule has 118 valence electrons. The van der Waals surface area contributed by atoms with Gasteiger partial charge in [0.15, 0.2) is 5.78 Å². The second-order valence-electron chi connectivity index (χ2n) is 5.40. The lowest BCUT2D eigenvalue weighted by Gasteiger charge is -2.31. The maximum Gasteiger partial charge on any atom is 0.282 e. The molecule has 0 saturated heterocycles. The highest BCUT2D eigenvalue weighted by Gasteiger charge is 2.44. The average Bonchev–Trinajstić information content (AvgIpc) is 2.42. The van der Waals surface area contributed by atoms with Crippen LogP contribution in [0, 0.1) is 6.92 Å². The molecule has 1 aromatic carbocycles. The topological polar surface area (TPSA) is 63.6 Å². The van der Waals surface area contributed by atoms with Gasteiger partial charge in [0, 0.05) is 0 Å². The minimum absolute atomic E-state index is 0.0638. The number of carbonyl (C=O) groups excluding carboxylic acids is 1. The first-order chi connectivity index (χ1) is 10.1. The Morgan fingerprint density at radius 3 is 2.27 bits per heavy atom. The molecule has 2 atom stereocenters. The molecular weight excluding hydrogens is 345 g/mol. The third-order valence-corrected chi connectivity index (χ3v) is 5.90. The number of halogens is 2. The van der Waals surface area contributed by atoms with Gasteiger partial charge >= 0.3 is 0 Å². The third kappa shape index (κ3) is 3.12. The summed E-state index contributed by atoms with van der Waals surface area (Å²) in [5.41, 5.74) is 1.43. The Morgan fingerprint density at radius 1 is 1.18 bits per heavy atom. The van der Waals surface area contributed by atoms with Gasteiger partial charge in [-0.2, -0.15) is 12.8 Å². The second-order valence-corrected chi connectivity index (χ2v) is 8.22. The van der Waals surface area contributed by atoms with Crippen LogP contribution in [-0.2, 0) is 14.8 Å². The summed E-state index contributed by atoms with van der Waals surface area (Å²) >= 11 is 12.3. The Morgan fingerprint density at radius 2 is 1.73 bits per heavy atom. The summed E-state index contributed by atoms with van der Waals surface area (Å²) < 4.78 is 28.7. The largest absolute Gasteiger partial charge is 0.293 e. The molecule has 2 rings (SSSR count). The molecule has 0 fully saturated rings. The highest BCUT2D eigenvalue weighted by atomic mass is 35.5. The van der Waals surface area contributed by atoms with E-state index in [9.17, 15) is 13.2 Å². The van der Waals surface area contributed by atoms with Crippen molar-refractivity contribution >= 4 is 44.7 Å². The van der Waals surface area contributed by atoms with Gasteiger partial charge in [-0.15, -0.1) is 23.2 Å². The van der Waals surface area contributed by atoms with E-state index in [2.05, 4.69) is 4.40 Å². The van der Waals surface area contributed by atoms with Gasteiger partial charge in [0.2, 0.25) is 0 Å². The number of hydrogen-bond donors (Lipinski definition) is 0. The van der Waals surface area contributed by atoms with Gasteiger partial charge in [-0.3, -0.25) is 4.79 Å². The van der Waals surface area contributed by atoms with Crippen molar-refractivity contribution in [1.29, 1.82) is 0 Å². The predicted molar refractivity (Wildman–Crippen MR) is 88.5 cm³/mol. The fourth-order valence-corrected chi connectivity index (χ4v) is 3.85. The number of alkyl halides is 2. The zero-order valence-corrected chi connectivity index (χ0v) is 14.6. The lowest BCUT2D eigenvalue weighted by molar-refractivity contribution is -0.114. The Balaban J connectivity index is 2.57. The number of carbonyl (C=O) groups is 1. The second kappa shape index (κ2) is 5.80. The number of nitrogens with zero attached hydrogens (tertiary/aromatic N) is 1. The molecule has 22 heavy (non-hydrogen) atoms. The van der Waals surface area contributed by atoms with E-state index in [1.165, 1.54) is 25.1 Å². The first-order valence-corrected chi connectivity index (χ1v) is 8.79. The van der Waals surface area contributed by atoms with Crippen molar-refractivity contribution in [2.45, 2.75) is 35.9 Å². The molecule has 1 aromatic rings. The maximum absolute atomic E-state index is 12.4. The van der Waals surface area contributed by atoms with E-state index < -0.39 is 20.3 Å². The van der Waals surface area contributed by atoms with E-state index in [1.54, 1.807) is 19.1 Å². The standard InChI is InChI=1S/C15H15Cl2NO3S/c1-9-4-6-11(7-5-9)22(20,21)18-14-10(2)8-12(19)13(16)15(14,3)17/h4-8,13H,1-3H3/t13-,15+/m0/s1. The Kier molecular flexibility index (Phi) is 4.53. The van der Waals surface area contributed by atoms with E-state index in [4.69, 9.17) is 23.2 Å². The van der Waals surface area contributed by atoms with Gasteiger partial charge in [-0.1, -0.05) is 17.7 Å². The molecule has 0 aliphatic heterocycles. The Labute approximate surface area is 139 Å². The maximum atomic E-state index is 12.4. The molecule has 0 saturated carbocycles. The average molecular weight is 360 g/mol. The summed E-state index contributed by atoms with van der Waals surface area (Å²) in [5, 5.41) is -1.06. The van der Waals surface area contributed by atoms with Crippen molar-refractivity contribution in [1.82, 2.24) is 0 Å². The van der Waals surface area contributed by atoms with Gasteiger partial charge in [-0.25, -0.2) is 0 Å². The minimum Gasteiger partial charge on any atom is -0.293 e. The predicted octanol–water partition coefficient (Wildman–Crippen LogP) is 3.26. The van der Waals surface area contributed by atoms with Crippen LogP contribution in [0.25, 0.3) is 0 Å². The van der Waals surface area contributed by atoms with Crippen LogP contribution in [0.5, 0.6) is 0 Å². The molecule has 4 nitrogen and oxygen atoms in total. The van der Waals surface area contributed by atoms with Crippen LogP contribution in [0.3, 0.4) is 0 Å². The van der Waals surface area contributed by atoms with E-state index in [0.717, 1.165) is 5.56 Å². The molecule has 0 amide bonds. The van der Waals surface area contributed by atoms with Gasteiger partial charge in [-0.05, 0) is 44.6 Å². The number of ketones is 1. The number of hydrogen-bond acceptors (Lipinski definition) is 3. The fourth-order valence-electron chi connectivity index (χ4n) is 2.17. The van der Waals surface area contributed by atoms with Gasteiger partial charge < -0.3 is 0 Å². The quantitative estimate of drug-likeness (QED) is 0.761. The van der Waals surface area contributed by atoms with Gasteiger partial charge in [0.05, 0.1) is 10.6 Å². The van der Waals surface area contributed by atoms with Crippen LogP contribution in [0.1, 0.15) is 19.4 Å². The first kappa shape index (κ1) is 17.2. The van der Waals surface area contributed by atoms with Crippen LogP contribution >= 0.6 is 23.2 Å². The number of allylic oxidation sites excluding steroid dienone is 2. The lowest BCUT2D eigenvalue weighted by atomic mass is 9.87. The Bertz CT molecular complexity index is 778. The van der Waals surface area contributed by atoms with Crippen molar-refractivity contribution in [3.05, 3.63) is 41.5 Å². The number of rotatable bonds is 2. The highest BCUT2D eigenvalue weighted by molar-refractivity contribution is 7.90. The lowest BCUT2D eigenvalue weighted by Crippen LogP contribution is -2.46. The molecule has 0 heterocycles. The van der Waals surface area contributed by atoms with Crippen LogP contribution < -0.4 is 0 Å². The first-order valence-electron chi connectivity index (χ1n) is 6.53. The van der Waals surface area contributed by atoms with Crippen molar-refractivity contribution in [2.24, 2.45) is 4.40 Å². The highest BCUT2D eigenvalue weighted by Crippen LogP contribution is 2.35. The van der Waals surface area contributed by atoms with E-state index in [-0.39, 0.29) is 16.4 Å². The van der Waals surface area contributed by atoms with Crippen molar-refractivity contribution in [3.63, 3.8) is 0 Å². The van der Waals surface area contributed by atoms with Gasteiger partial charge in [0.1, 0.15) is 10.3 Å². The molecule has 7 heteroatoms. The molecule has 0 N–H and O–H groups in total. The van der Waals surface area contributed by atoms with Crippen LogP contribution in [-0.4, -0.2) is 30.2 Å². The van der Waals surface area contributed by atoms with Gasteiger partial charge in [0.25, 0.3) is 10.0 Å². The molecule has 0 radical (unpaired) electrons. The molecule has 0 aromatic heterocycles. The van der Waals surface area contributed by atoms with Crippen LogP contribution in [0.4, 0.5) is 0 Å². The van der Waals surface area contributed by atoms with Crippen molar-refractivity contribution in [3.8, 4) is 0 Å². The van der Waals surface area contributed by atoms with E-state index in [1.807, 2.05) is 6.92 Å². The normalized spacial score (nSPS) is 27.9. The minimum atomic E-state index is -3.93. The summed E-state index contributed by atoms with van der Waals surface area (Å²) in [4.78, 5) is 10.4. The third-order valence-electron chi connectivity index (χ3n) is 3.45. The zero-order chi connectivity index (χ0) is 16.7. The number of sulfonamides is 1. The summed E-state index contributed by atoms with van der Waals surface area (Å²) in [6.07, 6.45) is 1.27. The monoisotopic (exact) mass is 359 g/mol. The molecule has 1 aliphatic rings. The fraction of sp³-hybridized carbons (Fsp3) is 0.333. The van der Waals surface area contributed by atoms with Crippen molar-refractivity contribution < 1.29 is 13.2 Å². The van der Waals surface area contributed by atoms with E-state index in [0.29, 0.717) is 5.57 Å². The summed E-state index contributed by atoms with van der Waals surface area (Å²) in [6.45, 7) is 4.94. The zero-order valence-electron chi connectivity index (χ0n) is 12.3. The summed E-state index contributed by atoms with van der Waals surface area (Å²) in [5.74, 6) is -0.358. The van der Waals surface area contributed by atoms with E-state index >= 15 is 0 Å². The van der Waals surface area contributed by atoms with Crippen molar-refractivity contribution in [2.75, 3.05) is 0 Å². The molecule has 1 aliphatic carbocycles. The summed E-state index contributed by atoms with van der Waals surface area (Å²) in [7, 11) is -3.93. The SMILES string of the molecule is CC1=CC(=O)[C@H](Cl)[C@@](C)(Cl)C1=NS(=O)(=O)c1ccc(C)cc1. The smallest absolute Gasteiger partial charge is 0.282 e. The summed E-state index contributed by atoms with van der Waals surface area (Å²) in [6, 6.07) is 6.33. The molecule has 0 bridgehead atoms.